The Morgan fingerprint density at radius 3 is 1.16 bits per heavy atom. The van der Waals surface area contributed by atoms with Gasteiger partial charge in [-0.15, -0.1) is 0 Å². The molecule has 320 valence electrons. The predicted molar refractivity (Wildman–Crippen MR) is 217 cm³/mol. The number of esters is 5. The highest BCUT2D eigenvalue weighted by molar-refractivity contribution is 14.1. The minimum Gasteiger partial charge on any atom is -0.457 e. The summed E-state index contributed by atoms with van der Waals surface area (Å²) in [5, 5.41) is 0. The largest absolute Gasteiger partial charge is 0.457 e. The van der Waals surface area contributed by atoms with E-state index in [1.54, 1.807) is 27.7 Å². The van der Waals surface area contributed by atoms with Crippen molar-refractivity contribution in [3.05, 3.63) is 0 Å². The molecule has 4 saturated heterocycles. The molecule has 0 unspecified atom stereocenters. The van der Waals surface area contributed by atoms with Gasteiger partial charge in [-0.3, -0.25) is 24.0 Å². The van der Waals surface area contributed by atoms with Crippen molar-refractivity contribution in [1.29, 1.82) is 0 Å². The van der Waals surface area contributed by atoms with Crippen LogP contribution in [-0.4, -0.2) is 145 Å². The molecule has 4 fully saturated rings. The van der Waals surface area contributed by atoms with Gasteiger partial charge in [-0.2, -0.15) is 0 Å². The van der Waals surface area contributed by atoms with Gasteiger partial charge in [-0.05, 0) is 27.7 Å². The molecule has 0 bridgehead atoms. The third-order valence-electron chi connectivity index (χ3n) is 9.21. The van der Waals surface area contributed by atoms with Crippen LogP contribution in [0.2, 0.25) is 0 Å². The fraction of sp³-hybridized carbons (Fsp3) is 0.853. The lowest BCUT2D eigenvalue weighted by molar-refractivity contribution is -0.328. The molecule has 0 amide bonds. The van der Waals surface area contributed by atoms with Gasteiger partial charge in [-0.1, -0.05) is 83.7 Å². The Balaban J connectivity index is 1.64. The zero-order valence-corrected chi connectivity index (χ0v) is 39.9. The third kappa shape index (κ3) is 11.9. The van der Waals surface area contributed by atoms with Crippen molar-refractivity contribution < 1.29 is 85.2 Å². The summed E-state index contributed by atoms with van der Waals surface area (Å²) in [4.78, 5) is 59.9. The van der Waals surface area contributed by atoms with Crippen LogP contribution in [0, 0.1) is 0 Å². The summed E-state index contributed by atoms with van der Waals surface area (Å²) in [7, 11) is 0. The summed E-state index contributed by atoms with van der Waals surface area (Å²) in [5.74, 6) is -3.04. The summed E-state index contributed by atoms with van der Waals surface area (Å²) < 4.78 is 84.3. The van der Waals surface area contributed by atoms with Crippen molar-refractivity contribution in [3.63, 3.8) is 0 Å². The first kappa shape index (κ1) is 48.3. The standard InChI is InChI=1S/C34H47BrFI3O17/c1-10-24(50-15(6)41)28(20(37)31(36)45-10)55-32-19(35)27(23(11(2)46-32)49-14(5)40)54-33-22(39)30(26(13(4)47-33)52-17(8)43)56-34-21(38)29(53-18(9)44)25(12(3)48-34)51-16(7)42/h10-13,19-34H,1-9H3/t10-,11-,12-,13-,19-,20-,21-,22-,23+,24-,25-,26-,27-,28-,29-,30-,31+,32+,33+,34+/m1/s1. The van der Waals surface area contributed by atoms with Crippen molar-refractivity contribution >= 4 is 114 Å². The minimum atomic E-state index is -1.74. The smallest absolute Gasteiger partial charge is 0.303 e. The van der Waals surface area contributed by atoms with Gasteiger partial charge in [0.25, 0.3) is 0 Å². The summed E-state index contributed by atoms with van der Waals surface area (Å²) in [6.07, 6.45) is -16.3. The first-order valence-corrected chi connectivity index (χ1v) is 22.4. The average Bonchev–Trinajstić information content (AvgIpc) is 3.08. The van der Waals surface area contributed by atoms with Crippen LogP contribution in [0.4, 0.5) is 4.39 Å². The molecule has 0 aromatic carbocycles. The molecule has 20 atom stereocenters. The van der Waals surface area contributed by atoms with Crippen LogP contribution < -0.4 is 0 Å². The summed E-state index contributed by atoms with van der Waals surface area (Å²) in [5.41, 5.74) is 0. The van der Waals surface area contributed by atoms with Crippen molar-refractivity contribution in [1.82, 2.24) is 0 Å². The fourth-order valence-corrected chi connectivity index (χ4v) is 10.1. The number of carbonyl (C=O) groups excluding carboxylic acids is 5. The van der Waals surface area contributed by atoms with E-state index < -0.39 is 145 Å². The SMILES string of the molecule is CC(=O)O[C@@H]1[C@@H](I)[C@H](O[C@@H]2[C@@H](I)[C@H](O[C@@H]3[C@@H](Br)[C@H](O[C@@H]4[C@@H](I)[C@@H](F)O[C@H](C)[C@H]4OC(C)=O)O[C@H](C)[C@@H]3OC(C)=O)O[C@H](C)[C@H]2OC(C)=O)O[C@H](C)[C@H]1OC(C)=O. The van der Waals surface area contributed by atoms with E-state index in [2.05, 4.69) is 15.9 Å². The number of halogens is 5. The second-order valence-electron chi connectivity index (χ2n) is 13.8. The van der Waals surface area contributed by atoms with E-state index in [4.69, 9.17) is 56.8 Å². The van der Waals surface area contributed by atoms with Gasteiger partial charge in [-0.25, -0.2) is 4.39 Å². The normalized spacial score (nSPS) is 44.2. The number of rotatable bonds is 11. The number of hydrogen-bond acceptors (Lipinski definition) is 17. The van der Waals surface area contributed by atoms with Gasteiger partial charge in [0.1, 0.15) is 22.2 Å². The lowest BCUT2D eigenvalue weighted by atomic mass is 9.98. The Kier molecular flexibility index (Phi) is 18.1. The van der Waals surface area contributed by atoms with Crippen molar-refractivity contribution in [2.24, 2.45) is 0 Å². The van der Waals surface area contributed by atoms with E-state index in [9.17, 15) is 28.4 Å². The van der Waals surface area contributed by atoms with E-state index >= 15 is 0 Å². The molecule has 22 heteroatoms. The molecule has 0 saturated carbocycles. The highest BCUT2D eigenvalue weighted by Crippen LogP contribution is 2.41. The Morgan fingerprint density at radius 2 is 0.732 bits per heavy atom. The molecule has 0 aliphatic carbocycles. The second-order valence-corrected chi connectivity index (χ2v) is 19.1. The van der Waals surface area contributed by atoms with Crippen molar-refractivity contribution in [2.45, 2.75) is 177 Å². The van der Waals surface area contributed by atoms with E-state index in [1.165, 1.54) is 34.6 Å². The van der Waals surface area contributed by atoms with Gasteiger partial charge >= 0.3 is 29.8 Å². The van der Waals surface area contributed by atoms with Crippen LogP contribution in [0.25, 0.3) is 0 Å². The molecule has 0 aromatic heterocycles. The lowest BCUT2D eigenvalue weighted by Crippen LogP contribution is -2.65. The molecule has 4 aliphatic rings. The number of carbonyl (C=O) groups is 5. The van der Waals surface area contributed by atoms with Crippen LogP contribution in [-0.2, 0) is 80.8 Å². The molecule has 17 nitrogen and oxygen atoms in total. The third-order valence-corrected chi connectivity index (χ3v) is 14.0. The molecular formula is C34H47BrFI3O17. The van der Waals surface area contributed by atoms with Gasteiger partial charge < -0.3 is 56.8 Å². The van der Waals surface area contributed by atoms with Gasteiger partial charge in [0.2, 0.25) is 6.36 Å². The van der Waals surface area contributed by atoms with E-state index in [-0.39, 0.29) is 0 Å². The molecule has 0 spiro atoms. The molecule has 56 heavy (non-hydrogen) atoms. The van der Waals surface area contributed by atoms with E-state index in [1.807, 2.05) is 67.8 Å². The second kappa shape index (κ2) is 21.0. The first-order valence-electron chi connectivity index (χ1n) is 17.8. The monoisotopic (exact) mass is 1210 g/mol. The highest BCUT2D eigenvalue weighted by atomic mass is 127. The van der Waals surface area contributed by atoms with Crippen LogP contribution in [0.15, 0.2) is 0 Å². The zero-order chi connectivity index (χ0) is 41.9. The Labute approximate surface area is 373 Å². The Hall–Kier alpha value is -0.330. The first-order chi connectivity index (χ1) is 26.1. The molecular weight excluding hydrogens is 1160 g/mol. The molecule has 0 aromatic rings. The summed E-state index contributed by atoms with van der Waals surface area (Å²) in [6, 6.07) is 0. The molecule has 4 heterocycles. The zero-order valence-electron chi connectivity index (χ0n) is 31.9. The summed E-state index contributed by atoms with van der Waals surface area (Å²) >= 11 is 9.51. The minimum absolute atomic E-state index is 0.592. The average molecular weight is 1210 g/mol. The fourth-order valence-electron chi connectivity index (χ4n) is 6.84. The number of hydrogen-bond donors (Lipinski definition) is 0. The predicted octanol–water partition coefficient (Wildman–Crippen LogP) is 3.92. The maximum absolute atomic E-state index is 15.0. The molecule has 4 aliphatic heterocycles. The quantitative estimate of drug-likeness (QED) is 0.125. The van der Waals surface area contributed by atoms with E-state index in [0.717, 1.165) is 0 Å². The molecule has 0 N–H and O–H groups in total. The van der Waals surface area contributed by atoms with E-state index in [0.29, 0.717) is 0 Å². The van der Waals surface area contributed by atoms with Gasteiger partial charge in [0, 0.05) is 34.6 Å². The van der Waals surface area contributed by atoms with Crippen molar-refractivity contribution in [2.75, 3.05) is 0 Å². The maximum Gasteiger partial charge on any atom is 0.303 e. The maximum atomic E-state index is 15.0. The number of ether oxygens (including phenoxy) is 12. The van der Waals surface area contributed by atoms with Crippen LogP contribution >= 0.6 is 83.7 Å². The van der Waals surface area contributed by atoms with Crippen LogP contribution in [0.3, 0.4) is 0 Å². The lowest BCUT2D eigenvalue weighted by Gasteiger charge is -2.50. The number of alkyl halides is 5. The highest BCUT2D eigenvalue weighted by Gasteiger charge is 2.56. The van der Waals surface area contributed by atoms with Crippen molar-refractivity contribution in [3.8, 4) is 0 Å². The van der Waals surface area contributed by atoms with Gasteiger partial charge in [0.05, 0.1) is 37.1 Å². The Morgan fingerprint density at radius 1 is 0.446 bits per heavy atom. The molecule has 4 rings (SSSR count). The van der Waals surface area contributed by atoms with Crippen LogP contribution in [0.5, 0.6) is 0 Å². The van der Waals surface area contributed by atoms with Gasteiger partial charge in [0.15, 0.2) is 49.4 Å². The Bertz CT molecular complexity index is 1420. The van der Waals surface area contributed by atoms with Crippen LogP contribution in [0.1, 0.15) is 62.3 Å². The summed E-state index contributed by atoms with van der Waals surface area (Å²) in [6.45, 7) is 12.7. The molecule has 0 radical (unpaired) electrons. The topological polar surface area (TPSA) is 196 Å².